The fourth-order valence-corrected chi connectivity index (χ4v) is 2.66. The van der Waals surface area contributed by atoms with Crippen molar-refractivity contribution < 1.29 is 19.1 Å². The second kappa shape index (κ2) is 7.65. The summed E-state index contributed by atoms with van der Waals surface area (Å²) >= 11 is 0. The summed E-state index contributed by atoms with van der Waals surface area (Å²) in [6, 6.07) is 12.2. The van der Waals surface area contributed by atoms with Crippen LogP contribution in [-0.4, -0.2) is 41.6 Å². The highest BCUT2D eigenvalue weighted by Crippen LogP contribution is 2.23. The molecule has 0 aliphatic carbocycles. The summed E-state index contributed by atoms with van der Waals surface area (Å²) in [5.74, 6) is 0.390. The van der Waals surface area contributed by atoms with Crippen molar-refractivity contribution in [2.75, 3.05) is 13.7 Å². The molecule has 7 nitrogen and oxygen atoms in total. The second-order valence-corrected chi connectivity index (χ2v) is 5.57. The highest BCUT2D eigenvalue weighted by atomic mass is 16.6. The first-order valence-corrected chi connectivity index (χ1v) is 7.92. The van der Waals surface area contributed by atoms with Crippen molar-refractivity contribution in [3.05, 3.63) is 59.9 Å². The molecule has 0 radical (unpaired) electrons. The third kappa shape index (κ3) is 3.88. The van der Waals surface area contributed by atoms with E-state index in [0.717, 1.165) is 11.3 Å². The number of carbonyl (C=O) groups excluding carboxylic acids is 2. The maximum atomic E-state index is 12.5. The molecule has 1 aromatic heterocycles. The summed E-state index contributed by atoms with van der Waals surface area (Å²) in [4.78, 5) is 30.1. The number of hydrogen-bond acceptors (Lipinski definition) is 5. The largest absolute Gasteiger partial charge is 0.496 e. The Labute approximate surface area is 145 Å². The van der Waals surface area contributed by atoms with Gasteiger partial charge in [0.15, 0.2) is 0 Å². The van der Waals surface area contributed by atoms with E-state index in [4.69, 9.17) is 9.47 Å². The van der Waals surface area contributed by atoms with Crippen LogP contribution in [0.1, 0.15) is 11.3 Å². The van der Waals surface area contributed by atoms with Crippen LogP contribution in [0.25, 0.3) is 0 Å². The number of aromatic nitrogens is 1. The van der Waals surface area contributed by atoms with Gasteiger partial charge in [-0.1, -0.05) is 24.3 Å². The van der Waals surface area contributed by atoms with Crippen LogP contribution >= 0.6 is 0 Å². The number of amides is 2. The first-order valence-electron chi connectivity index (χ1n) is 7.92. The van der Waals surface area contributed by atoms with Crippen LogP contribution in [0.3, 0.4) is 0 Å². The Morgan fingerprint density at radius 1 is 1.32 bits per heavy atom. The minimum atomic E-state index is -0.680. The molecule has 7 heteroatoms. The van der Waals surface area contributed by atoms with Gasteiger partial charge in [0.05, 0.1) is 25.9 Å². The number of benzene rings is 1. The third-order valence-corrected chi connectivity index (χ3v) is 3.98. The zero-order valence-electron chi connectivity index (χ0n) is 13.8. The van der Waals surface area contributed by atoms with Crippen molar-refractivity contribution in [1.82, 2.24) is 15.2 Å². The number of rotatable bonds is 6. The number of pyridine rings is 1. The van der Waals surface area contributed by atoms with Gasteiger partial charge < -0.3 is 14.8 Å². The monoisotopic (exact) mass is 341 g/mol. The van der Waals surface area contributed by atoms with E-state index in [-0.39, 0.29) is 19.1 Å². The molecule has 130 valence electrons. The molecule has 1 aliphatic heterocycles. The number of nitrogens with zero attached hydrogens (tertiary/aromatic N) is 2. The number of hydrogen-bond donors (Lipinski definition) is 1. The Morgan fingerprint density at radius 3 is 2.88 bits per heavy atom. The predicted molar refractivity (Wildman–Crippen MR) is 89.8 cm³/mol. The fraction of sp³-hybridized carbons (Fsp3) is 0.278. The SMILES string of the molecule is COc1ccccc1CN1C(=O)OC[C@H]1C(=O)NCc1ccccn1. The molecule has 1 atom stereocenters. The molecular formula is C18H19N3O4. The maximum Gasteiger partial charge on any atom is 0.410 e. The lowest BCUT2D eigenvalue weighted by Crippen LogP contribution is -2.45. The molecule has 25 heavy (non-hydrogen) atoms. The Balaban J connectivity index is 1.67. The normalized spacial score (nSPS) is 16.4. The third-order valence-electron chi connectivity index (χ3n) is 3.98. The summed E-state index contributed by atoms with van der Waals surface area (Å²) in [6.45, 7) is 0.569. The average Bonchev–Trinajstić information content (AvgIpc) is 3.02. The summed E-state index contributed by atoms with van der Waals surface area (Å²) in [7, 11) is 1.57. The molecule has 1 aromatic carbocycles. The molecule has 1 saturated heterocycles. The summed E-state index contributed by atoms with van der Waals surface area (Å²) in [6.07, 6.45) is 1.15. The predicted octanol–water partition coefficient (Wildman–Crippen LogP) is 1.73. The van der Waals surface area contributed by atoms with Crippen molar-refractivity contribution in [2.45, 2.75) is 19.1 Å². The lowest BCUT2D eigenvalue weighted by molar-refractivity contribution is -0.125. The van der Waals surface area contributed by atoms with Gasteiger partial charge in [-0.2, -0.15) is 0 Å². The molecule has 1 aliphatic rings. The van der Waals surface area contributed by atoms with E-state index in [0.29, 0.717) is 12.3 Å². The van der Waals surface area contributed by atoms with E-state index in [2.05, 4.69) is 10.3 Å². The van der Waals surface area contributed by atoms with Gasteiger partial charge in [0.1, 0.15) is 18.4 Å². The first-order chi connectivity index (χ1) is 12.2. The first kappa shape index (κ1) is 16.8. The number of cyclic esters (lactones) is 1. The number of ether oxygens (including phenoxy) is 2. The minimum Gasteiger partial charge on any atom is -0.496 e. The van der Waals surface area contributed by atoms with E-state index in [9.17, 15) is 9.59 Å². The van der Waals surface area contributed by atoms with Gasteiger partial charge >= 0.3 is 6.09 Å². The summed E-state index contributed by atoms with van der Waals surface area (Å²) in [5, 5.41) is 2.80. The zero-order valence-corrected chi connectivity index (χ0v) is 13.8. The van der Waals surface area contributed by atoms with Crippen molar-refractivity contribution in [1.29, 1.82) is 0 Å². The van der Waals surface area contributed by atoms with Gasteiger partial charge in [-0.25, -0.2) is 4.79 Å². The van der Waals surface area contributed by atoms with Gasteiger partial charge in [0.25, 0.3) is 0 Å². The van der Waals surface area contributed by atoms with Gasteiger partial charge in [-0.3, -0.25) is 14.7 Å². The van der Waals surface area contributed by atoms with Crippen LogP contribution in [0.15, 0.2) is 48.7 Å². The fourth-order valence-electron chi connectivity index (χ4n) is 2.66. The van der Waals surface area contributed by atoms with E-state index in [1.54, 1.807) is 13.3 Å². The van der Waals surface area contributed by atoms with Crippen molar-refractivity contribution >= 4 is 12.0 Å². The molecule has 2 amide bonds. The lowest BCUT2D eigenvalue weighted by Gasteiger charge is -2.21. The van der Waals surface area contributed by atoms with Gasteiger partial charge in [-0.05, 0) is 18.2 Å². The van der Waals surface area contributed by atoms with Crippen LogP contribution in [-0.2, 0) is 22.6 Å². The summed E-state index contributed by atoms with van der Waals surface area (Å²) in [5.41, 5.74) is 1.56. The van der Waals surface area contributed by atoms with Crippen molar-refractivity contribution in [3.63, 3.8) is 0 Å². The maximum absolute atomic E-state index is 12.5. The Hall–Kier alpha value is -3.09. The van der Waals surface area contributed by atoms with Crippen LogP contribution in [0.4, 0.5) is 4.79 Å². The Kier molecular flexibility index (Phi) is 5.13. The number of carbonyl (C=O) groups is 2. The van der Waals surface area contributed by atoms with Crippen LogP contribution in [0.5, 0.6) is 5.75 Å². The van der Waals surface area contributed by atoms with Crippen molar-refractivity contribution in [3.8, 4) is 5.75 Å². The molecule has 0 bridgehead atoms. The molecule has 0 unspecified atom stereocenters. The average molecular weight is 341 g/mol. The Morgan fingerprint density at radius 2 is 2.12 bits per heavy atom. The van der Waals surface area contributed by atoms with E-state index >= 15 is 0 Å². The van der Waals surface area contributed by atoms with Gasteiger partial charge in [0, 0.05) is 11.8 Å². The van der Waals surface area contributed by atoms with Gasteiger partial charge in [-0.15, -0.1) is 0 Å². The van der Waals surface area contributed by atoms with Crippen LogP contribution in [0.2, 0.25) is 0 Å². The van der Waals surface area contributed by atoms with Crippen LogP contribution in [0, 0.1) is 0 Å². The van der Waals surface area contributed by atoms with Gasteiger partial charge in [0.2, 0.25) is 5.91 Å². The minimum absolute atomic E-state index is 0.0298. The summed E-state index contributed by atoms with van der Waals surface area (Å²) < 4.78 is 10.4. The number of para-hydroxylation sites is 1. The molecule has 2 aromatic rings. The molecule has 0 spiro atoms. The highest BCUT2D eigenvalue weighted by Gasteiger charge is 2.38. The van der Waals surface area contributed by atoms with Crippen molar-refractivity contribution in [2.24, 2.45) is 0 Å². The molecule has 3 rings (SSSR count). The smallest absolute Gasteiger partial charge is 0.410 e. The second-order valence-electron chi connectivity index (χ2n) is 5.57. The number of methoxy groups -OCH3 is 1. The van der Waals surface area contributed by atoms with E-state index < -0.39 is 12.1 Å². The van der Waals surface area contributed by atoms with E-state index in [1.807, 2.05) is 42.5 Å². The standard InChI is InChI=1S/C18H19N3O4/c1-24-16-8-3-2-6-13(16)11-21-15(12-25-18(21)23)17(22)20-10-14-7-4-5-9-19-14/h2-9,15H,10-12H2,1H3,(H,20,22)/t15-/m0/s1. The molecule has 1 fully saturated rings. The van der Waals surface area contributed by atoms with E-state index in [1.165, 1.54) is 4.90 Å². The highest BCUT2D eigenvalue weighted by molar-refractivity contribution is 5.87. The molecule has 2 heterocycles. The molecule has 0 saturated carbocycles. The Bertz CT molecular complexity index is 751. The zero-order chi connectivity index (χ0) is 17.6. The topological polar surface area (TPSA) is 80.8 Å². The quantitative estimate of drug-likeness (QED) is 0.865. The van der Waals surface area contributed by atoms with Crippen LogP contribution < -0.4 is 10.1 Å². The lowest BCUT2D eigenvalue weighted by atomic mass is 10.1. The number of nitrogens with one attached hydrogen (secondary N) is 1. The molecule has 1 N–H and O–H groups in total. The molecular weight excluding hydrogens is 322 g/mol.